The Hall–Kier alpha value is -2.28. The predicted octanol–water partition coefficient (Wildman–Crippen LogP) is 1.73. The molecule has 102 valence electrons. The lowest BCUT2D eigenvalue weighted by atomic mass is 10.1. The molecule has 20 heavy (non-hydrogen) atoms. The molecule has 0 radical (unpaired) electrons. The third kappa shape index (κ3) is 2.39. The highest BCUT2D eigenvalue weighted by molar-refractivity contribution is 7.18. The number of aromatic nitrogens is 4. The van der Waals surface area contributed by atoms with E-state index < -0.39 is 0 Å². The van der Waals surface area contributed by atoms with Gasteiger partial charge in [-0.3, -0.25) is 4.79 Å². The van der Waals surface area contributed by atoms with Gasteiger partial charge in [-0.25, -0.2) is 0 Å². The maximum absolute atomic E-state index is 12.1. The van der Waals surface area contributed by atoms with Gasteiger partial charge >= 0.3 is 0 Å². The molecule has 6 nitrogen and oxygen atoms in total. The molecule has 0 unspecified atom stereocenters. The van der Waals surface area contributed by atoms with E-state index in [0.717, 1.165) is 5.56 Å². The molecule has 0 saturated carbocycles. The lowest BCUT2D eigenvalue weighted by molar-refractivity contribution is 0.0949. The lowest BCUT2D eigenvalue weighted by Gasteiger charge is -2.03. The Kier molecular flexibility index (Phi) is 3.19. The number of hydrogen-bond acceptors (Lipinski definition) is 5. The molecule has 0 bridgehead atoms. The van der Waals surface area contributed by atoms with Crippen molar-refractivity contribution in [2.24, 2.45) is 0 Å². The summed E-state index contributed by atoms with van der Waals surface area (Å²) in [6.45, 7) is 4.31. The van der Waals surface area contributed by atoms with Crippen molar-refractivity contribution in [1.29, 1.82) is 0 Å². The van der Waals surface area contributed by atoms with Crippen LogP contribution in [0.3, 0.4) is 0 Å². The summed E-state index contributed by atoms with van der Waals surface area (Å²) in [5, 5.41) is 15.3. The summed E-state index contributed by atoms with van der Waals surface area (Å²) in [4.78, 5) is 12.7. The van der Waals surface area contributed by atoms with Gasteiger partial charge in [0.15, 0.2) is 5.82 Å². The zero-order chi connectivity index (χ0) is 14.1. The largest absolute Gasteiger partial charge is 0.346 e. The SMILES string of the molecule is Cc1cccc(CNC(=O)c2nn3c(C)nnc3s2)c1. The molecule has 3 rings (SSSR count). The van der Waals surface area contributed by atoms with Crippen molar-refractivity contribution in [2.75, 3.05) is 0 Å². The standard InChI is InChI=1S/C13H13N5OS/c1-8-4-3-5-10(6-8)7-14-11(19)12-17-18-9(2)15-16-13(18)20-12/h3-6H,7H2,1-2H3,(H,14,19). The Labute approximate surface area is 119 Å². The van der Waals surface area contributed by atoms with Gasteiger partial charge in [0.1, 0.15) is 0 Å². The molecule has 2 aromatic heterocycles. The highest BCUT2D eigenvalue weighted by Gasteiger charge is 2.14. The molecular formula is C13H13N5OS. The number of nitrogens with one attached hydrogen (secondary N) is 1. The summed E-state index contributed by atoms with van der Waals surface area (Å²) in [5.74, 6) is 0.482. The molecule has 0 aliphatic carbocycles. The third-order valence-corrected chi connectivity index (χ3v) is 3.77. The molecule has 3 aromatic rings. The predicted molar refractivity (Wildman–Crippen MR) is 75.7 cm³/mol. The second kappa shape index (κ2) is 5.01. The molecule has 0 aliphatic rings. The van der Waals surface area contributed by atoms with Crippen molar-refractivity contribution in [3.63, 3.8) is 0 Å². The van der Waals surface area contributed by atoms with Crippen LogP contribution < -0.4 is 5.32 Å². The van der Waals surface area contributed by atoms with E-state index in [1.54, 1.807) is 11.4 Å². The number of carbonyl (C=O) groups is 1. The second-order valence-corrected chi connectivity index (χ2v) is 5.48. The fraction of sp³-hybridized carbons (Fsp3) is 0.231. The smallest absolute Gasteiger partial charge is 0.282 e. The number of rotatable bonds is 3. The van der Waals surface area contributed by atoms with Crippen molar-refractivity contribution in [3.05, 3.63) is 46.2 Å². The zero-order valence-electron chi connectivity index (χ0n) is 11.1. The van der Waals surface area contributed by atoms with Crippen LogP contribution in [0.1, 0.15) is 26.8 Å². The number of aryl methyl sites for hydroxylation is 2. The minimum atomic E-state index is -0.193. The van der Waals surface area contributed by atoms with Crippen LogP contribution in [0.4, 0.5) is 0 Å². The molecule has 0 spiro atoms. The normalized spacial score (nSPS) is 10.9. The van der Waals surface area contributed by atoms with Crippen molar-refractivity contribution in [2.45, 2.75) is 20.4 Å². The minimum absolute atomic E-state index is 0.193. The number of hydrogen-bond donors (Lipinski definition) is 1. The van der Waals surface area contributed by atoms with E-state index >= 15 is 0 Å². The highest BCUT2D eigenvalue weighted by Crippen LogP contribution is 2.13. The van der Waals surface area contributed by atoms with E-state index in [9.17, 15) is 4.79 Å². The molecule has 1 N–H and O–H groups in total. The average Bonchev–Trinajstić information content (AvgIpc) is 2.99. The first-order valence-corrected chi connectivity index (χ1v) is 6.98. The lowest BCUT2D eigenvalue weighted by Crippen LogP contribution is -2.22. The van der Waals surface area contributed by atoms with Gasteiger partial charge in [0.05, 0.1) is 0 Å². The van der Waals surface area contributed by atoms with Crippen molar-refractivity contribution < 1.29 is 4.79 Å². The van der Waals surface area contributed by atoms with Gasteiger partial charge < -0.3 is 5.32 Å². The molecular weight excluding hydrogens is 274 g/mol. The first-order valence-electron chi connectivity index (χ1n) is 6.16. The average molecular weight is 287 g/mol. The Morgan fingerprint density at radius 1 is 1.35 bits per heavy atom. The van der Waals surface area contributed by atoms with Gasteiger partial charge in [-0.2, -0.15) is 4.52 Å². The summed E-state index contributed by atoms with van der Waals surface area (Å²) in [7, 11) is 0. The summed E-state index contributed by atoms with van der Waals surface area (Å²) in [6.07, 6.45) is 0. The van der Waals surface area contributed by atoms with Crippen LogP contribution in [0.5, 0.6) is 0 Å². The number of carbonyl (C=O) groups excluding carboxylic acids is 1. The van der Waals surface area contributed by atoms with E-state index in [0.29, 0.717) is 22.3 Å². The quantitative estimate of drug-likeness (QED) is 0.796. The summed E-state index contributed by atoms with van der Waals surface area (Å²) in [5.41, 5.74) is 2.24. The number of benzene rings is 1. The van der Waals surface area contributed by atoms with Crippen LogP contribution in [0.25, 0.3) is 4.96 Å². The molecule has 7 heteroatoms. The summed E-state index contributed by atoms with van der Waals surface area (Å²) in [6, 6.07) is 8.03. The van der Waals surface area contributed by atoms with Gasteiger partial charge in [0, 0.05) is 6.54 Å². The molecule has 2 heterocycles. The fourth-order valence-corrected chi connectivity index (χ4v) is 2.69. The Balaban J connectivity index is 1.72. The van der Waals surface area contributed by atoms with Crippen molar-refractivity contribution >= 4 is 22.2 Å². The van der Waals surface area contributed by atoms with Crippen molar-refractivity contribution in [1.82, 2.24) is 25.1 Å². The van der Waals surface area contributed by atoms with Crippen LogP contribution in [0.15, 0.2) is 24.3 Å². The highest BCUT2D eigenvalue weighted by atomic mass is 32.1. The Morgan fingerprint density at radius 3 is 2.95 bits per heavy atom. The van der Waals surface area contributed by atoms with Crippen LogP contribution in [0.2, 0.25) is 0 Å². The number of amides is 1. The van der Waals surface area contributed by atoms with E-state index in [1.165, 1.54) is 16.9 Å². The maximum Gasteiger partial charge on any atom is 0.282 e. The van der Waals surface area contributed by atoms with Gasteiger partial charge in [-0.15, -0.1) is 15.3 Å². The topological polar surface area (TPSA) is 72.2 Å². The van der Waals surface area contributed by atoms with Crippen LogP contribution in [-0.4, -0.2) is 25.7 Å². The number of nitrogens with zero attached hydrogens (tertiary/aromatic N) is 4. The van der Waals surface area contributed by atoms with Gasteiger partial charge in [-0.05, 0) is 19.4 Å². The van der Waals surface area contributed by atoms with Crippen LogP contribution >= 0.6 is 11.3 Å². The van der Waals surface area contributed by atoms with E-state index in [2.05, 4.69) is 20.6 Å². The first kappa shape index (κ1) is 12.7. The van der Waals surface area contributed by atoms with Gasteiger partial charge in [0.2, 0.25) is 9.97 Å². The minimum Gasteiger partial charge on any atom is -0.346 e. The molecule has 0 saturated heterocycles. The van der Waals surface area contributed by atoms with E-state index in [4.69, 9.17) is 0 Å². The van der Waals surface area contributed by atoms with Crippen molar-refractivity contribution in [3.8, 4) is 0 Å². The molecule has 0 atom stereocenters. The van der Waals surface area contributed by atoms with E-state index in [-0.39, 0.29) is 5.91 Å². The summed E-state index contributed by atoms with van der Waals surface area (Å²) < 4.78 is 1.58. The molecule has 1 amide bonds. The molecule has 0 fully saturated rings. The molecule has 1 aromatic carbocycles. The Morgan fingerprint density at radius 2 is 2.20 bits per heavy atom. The maximum atomic E-state index is 12.1. The van der Waals surface area contributed by atoms with Crippen LogP contribution in [-0.2, 0) is 6.54 Å². The number of fused-ring (bicyclic) bond motifs is 1. The monoisotopic (exact) mass is 287 g/mol. The first-order chi connectivity index (χ1) is 9.63. The summed E-state index contributed by atoms with van der Waals surface area (Å²) >= 11 is 1.23. The second-order valence-electron chi connectivity index (χ2n) is 4.52. The van der Waals surface area contributed by atoms with Gasteiger partial charge in [0.25, 0.3) is 5.91 Å². The zero-order valence-corrected chi connectivity index (χ0v) is 11.9. The van der Waals surface area contributed by atoms with Crippen LogP contribution in [0, 0.1) is 13.8 Å². The van der Waals surface area contributed by atoms with E-state index in [1.807, 2.05) is 31.2 Å². The van der Waals surface area contributed by atoms with Gasteiger partial charge in [-0.1, -0.05) is 41.2 Å². The Bertz CT molecular complexity index is 776. The third-order valence-electron chi connectivity index (χ3n) is 2.88. The fourth-order valence-electron chi connectivity index (χ4n) is 1.89. The molecule has 0 aliphatic heterocycles.